The molecule has 0 fully saturated rings. The van der Waals surface area contributed by atoms with Gasteiger partial charge in [0, 0.05) is 21.3 Å². The molecular weight excluding hydrogens is 262 g/mol. The van der Waals surface area contributed by atoms with Gasteiger partial charge in [-0.2, -0.15) is 0 Å². The quantitative estimate of drug-likeness (QED) is 0.922. The fraction of sp³-hybridized carbons (Fsp3) is 0.200. The lowest BCUT2D eigenvalue weighted by molar-refractivity contribution is 0.483. The first-order chi connectivity index (χ1) is 6.84. The molecule has 0 unspecified atom stereocenters. The normalized spacial score (nSPS) is 10.6. The van der Waals surface area contributed by atoms with Gasteiger partial charge in [0.05, 0.1) is 12.8 Å². The molecule has 0 saturated heterocycles. The van der Waals surface area contributed by atoms with E-state index in [2.05, 4.69) is 32.7 Å². The number of furan rings is 1. The van der Waals surface area contributed by atoms with Gasteiger partial charge in [0.1, 0.15) is 5.76 Å². The second kappa shape index (κ2) is 4.77. The Balaban J connectivity index is 1.78. The molecule has 2 heterocycles. The molecule has 2 aromatic heterocycles. The number of hydrogen-bond donors (Lipinski definition) is 1. The summed E-state index contributed by atoms with van der Waals surface area (Å²) in [6.45, 7) is 1.67. The molecule has 0 spiro atoms. The summed E-state index contributed by atoms with van der Waals surface area (Å²) in [6, 6.07) is 6.00. The largest absolute Gasteiger partial charge is 0.468 e. The van der Waals surface area contributed by atoms with Crippen LogP contribution >= 0.6 is 27.3 Å². The topological polar surface area (TPSA) is 25.2 Å². The molecular formula is C10H10BrNOS. The van der Waals surface area contributed by atoms with Gasteiger partial charge in [-0.15, -0.1) is 11.3 Å². The highest BCUT2D eigenvalue weighted by atomic mass is 79.9. The summed E-state index contributed by atoms with van der Waals surface area (Å²) < 4.78 is 6.36. The van der Waals surface area contributed by atoms with E-state index in [0.717, 1.165) is 23.3 Å². The Morgan fingerprint density at radius 3 is 3.00 bits per heavy atom. The van der Waals surface area contributed by atoms with E-state index < -0.39 is 0 Å². The van der Waals surface area contributed by atoms with E-state index in [4.69, 9.17) is 4.42 Å². The molecule has 0 atom stereocenters. The van der Waals surface area contributed by atoms with E-state index in [1.54, 1.807) is 17.6 Å². The van der Waals surface area contributed by atoms with Crippen molar-refractivity contribution in [3.8, 4) is 0 Å². The van der Waals surface area contributed by atoms with Gasteiger partial charge in [0.15, 0.2) is 0 Å². The number of nitrogens with one attached hydrogen (secondary N) is 1. The molecule has 0 saturated carbocycles. The molecule has 1 N–H and O–H groups in total. The van der Waals surface area contributed by atoms with E-state index in [9.17, 15) is 0 Å². The van der Waals surface area contributed by atoms with E-state index in [-0.39, 0.29) is 0 Å². The Morgan fingerprint density at radius 1 is 1.43 bits per heavy atom. The van der Waals surface area contributed by atoms with Gasteiger partial charge in [0.2, 0.25) is 0 Å². The summed E-state index contributed by atoms with van der Waals surface area (Å²) in [6.07, 6.45) is 1.69. The zero-order valence-electron chi connectivity index (χ0n) is 7.50. The highest BCUT2D eigenvalue weighted by Gasteiger charge is 1.98. The third-order valence-corrected chi connectivity index (χ3v) is 3.50. The molecule has 0 bridgehead atoms. The van der Waals surface area contributed by atoms with Gasteiger partial charge >= 0.3 is 0 Å². The molecule has 0 aliphatic heterocycles. The molecule has 0 amide bonds. The molecule has 0 aliphatic carbocycles. The molecule has 2 rings (SSSR count). The minimum Gasteiger partial charge on any atom is -0.468 e. The molecule has 2 nitrogen and oxygen atoms in total. The van der Waals surface area contributed by atoms with Gasteiger partial charge < -0.3 is 9.73 Å². The minimum atomic E-state index is 0.780. The zero-order valence-corrected chi connectivity index (χ0v) is 9.90. The van der Waals surface area contributed by atoms with Gasteiger partial charge in [-0.25, -0.2) is 0 Å². The van der Waals surface area contributed by atoms with Gasteiger partial charge in [-0.05, 0) is 34.1 Å². The van der Waals surface area contributed by atoms with Crippen molar-refractivity contribution in [1.82, 2.24) is 5.32 Å². The second-order valence-corrected chi connectivity index (χ2v) is 4.83. The van der Waals surface area contributed by atoms with Crippen molar-refractivity contribution in [3.05, 3.63) is 45.0 Å². The SMILES string of the molecule is Brc1csc(CNCc2ccco2)c1. The van der Waals surface area contributed by atoms with Crippen LogP contribution in [0.2, 0.25) is 0 Å². The fourth-order valence-corrected chi connectivity index (χ4v) is 2.59. The monoisotopic (exact) mass is 271 g/mol. The lowest BCUT2D eigenvalue weighted by Crippen LogP contribution is -2.10. The molecule has 0 aliphatic rings. The van der Waals surface area contributed by atoms with E-state index in [1.807, 2.05) is 12.1 Å². The lowest BCUT2D eigenvalue weighted by atomic mass is 10.4. The summed E-state index contributed by atoms with van der Waals surface area (Å²) in [5.74, 6) is 0.973. The van der Waals surface area contributed by atoms with Crippen molar-refractivity contribution in [2.24, 2.45) is 0 Å². The zero-order chi connectivity index (χ0) is 9.80. The molecule has 2 aromatic rings. The van der Waals surface area contributed by atoms with Crippen LogP contribution in [0.15, 0.2) is 38.7 Å². The third-order valence-electron chi connectivity index (χ3n) is 1.80. The average Bonchev–Trinajstić information content (AvgIpc) is 2.77. The van der Waals surface area contributed by atoms with Crippen LogP contribution in [0.25, 0.3) is 0 Å². The van der Waals surface area contributed by atoms with E-state index in [1.165, 1.54) is 4.88 Å². The summed E-state index contributed by atoms with van der Waals surface area (Å²) >= 11 is 5.17. The summed E-state index contributed by atoms with van der Waals surface area (Å²) in [4.78, 5) is 1.32. The van der Waals surface area contributed by atoms with Crippen LogP contribution in [-0.2, 0) is 13.1 Å². The predicted octanol–water partition coefficient (Wildman–Crippen LogP) is 3.39. The molecule has 0 radical (unpaired) electrons. The standard InChI is InChI=1S/C10H10BrNOS/c11-8-4-10(14-7-8)6-12-5-9-2-1-3-13-9/h1-4,7,12H,5-6H2. The summed E-state index contributed by atoms with van der Waals surface area (Å²) in [5.41, 5.74) is 0. The van der Waals surface area contributed by atoms with Gasteiger partial charge in [-0.3, -0.25) is 0 Å². The van der Waals surface area contributed by atoms with Crippen LogP contribution < -0.4 is 5.32 Å². The van der Waals surface area contributed by atoms with Crippen molar-refractivity contribution in [3.63, 3.8) is 0 Å². The van der Waals surface area contributed by atoms with E-state index >= 15 is 0 Å². The molecule has 0 aromatic carbocycles. The maximum absolute atomic E-state index is 5.21. The highest BCUT2D eigenvalue weighted by molar-refractivity contribution is 9.10. The van der Waals surface area contributed by atoms with Gasteiger partial charge in [-0.1, -0.05) is 0 Å². The third kappa shape index (κ3) is 2.70. The highest BCUT2D eigenvalue weighted by Crippen LogP contribution is 2.19. The number of thiophene rings is 1. The Hall–Kier alpha value is -0.580. The van der Waals surface area contributed by atoms with E-state index in [0.29, 0.717) is 0 Å². The Bertz CT molecular complexity index is 382. The average molecular weight is 272 g/mol. The number of rotatable bonds is 4. The Labute approximate surface area is 95.1 Å². The Kier molecular flexibility index (Phi) is 3.39. The minimum absolute atomic E-state index is 0.780. The first-order valence-corrected chi connectivity index (χ1v) is 5.98. The fourth-order valence-electron chi connectivity index (χ4n) is 1.17. The molecule has 4 heteroatoms. The first kappa shape index (κ1) is 9.96. The van der Waals surface area contributed by atoms with Crippen LogP contribution in [0.4, 0.5) is 0 Å². The van der Waals surface area contributed by atoms with Crippen molar-refractivity contribution in [2.75, 3.05) is 0 Å². The number of halogens is 1. The maximum Gasteiger partial charge on any atom is 0.117 e. The lowest BCUT2D eigenvalue weighted by Gasteiger charge is -1.99. The predicted molar refractivity (Wildman–Crippen MR) is 61.3 cm³/mol. The van der Waals surface area contributed by atoms with Crippen LogP contribution in [0, 0.1) is 0 Å². The first-order valence-electron chi connectivity index (χ1n) is 4.30. The van der Waals surface area contributed by atoms with Crippen molar-refractivity contribution in [1.29, 1.82) is 0 Å². The van der Waals surface area contributed by atoms with Crippen molar-refractivity contribution >= 4 is 27.3 Å². The Morgan fingerprint density at radius 2 is 2.36 bits per heavy atom. The van der Waals surface area contributed by atoms with Crippen LogP contribution in [0.1, 0.15) is 10.6 Å². The van der Waals surface area contributed by atoms with Crippen LogP contribution in [0.5, 0.6) is 0 Å². The van der Waals surface area contributed by atoms with Crippen molar-refractivity contribution < 1.29 is 4.42 Å². The maximum atomic E-state index is 5.21. The second-order valence-electron chi connectivity index (χ2n) is 2.91. The van der Waals surface area contributed by atoms with Crippen LogP contribution in [0.3, 0.4) is 0 Å². The molecule has 74 valence electrons. The smallest absolute Gasteiger partial charge is 0.117 e. The summed E-state index contributed by atoms with van der Waals surface area (Å²) in [5, 5.41) is 5.40. The van der Waals surface area contributed by atoms with Crippen molar-refractivity contribution in [2.45, 2.75) is 13.1 Å². The molecule has 14 heavy (non-hydrogen) atoms. The van der Waals surface area contributed by atoms with Gasteiger partial charge in [0.25, 0.3) is 0 Å². The van der Waals surface area contributed by atoms with Crippen LogP contribution in [-0.4, -0.2) is 0 Å². The summed E-state index contributed by atoms with van der Waals surface area (Å²) in [7, 11) is 0. The number of hydrogen-bond acceptors (Lipinski definition) is 3.